The first-order chi connectivity index (χ1) is 14.2. The topological polar surface area (TPSA) is 90.6 Å². The number of carbonyl (C=O) groups is 1. The monoisotopic (exact) mass is 512 g/mol. The molecule has 1 unspecified atom stereocenters. The number of aromatic nitrogens is 2. The lowest BCUT2D eigenvalue weighted by molar-refractivity contribution is 0.0694. The average Bonchev–Trinajstić information content (AvgIpc) is 2.63. The van der Waals surface area contributed by atoms with Gasteiger partial charge in [-0.1, -0.05) is 34.6 Å². The van der Waals surface area contributed by atoms with E-state index in [1.807, 2.05) is 20.8 Å². The van der Waals surface area contributed by atoms with Gasteiger partial charge in [-0.15, -0.1) is 0 Å². The predicted octanol–water partition coefficient (Wildman–Crippen LogP) is 5.47. The molecule has 0 fully saturated rings. The molecular formula is C22H33BrN2O5Si. The molecule has 2 rings (SSSR count). The van der Waals surface area contributed by atoms with Crippen LogP contribution in [-0.4, -0.2) is 42.2 Å². The van der Waals surface area contributed by atoms with E-state index in [1.54, 1.807) is 10.6 Å². The minimum Gasteiger partial charge on any atom is -0.477 e. The Bertz CT molecular complexity index is 1030. The van der Waals surface area contributed by atoms with Crippen molar-refractivity contribution in [3.63, 3.8) is 0 Å². The van der Waals surface area contributed by atoms with E-state index in [2.05, 4.69) is 54.8 Å². The first-order valence-electron chi connectivity index (χ1n) is 10.5. The Morgan fingerprint density at radius 2 is 1.94 bits per heavy atom. The summed E-state index contributed by atoms with van der Waals surface area (Å²) in [5, 5.41) is 9.92. The maximum atomic E-state index is 12.9. The van der Waals surface area contributed by atoms with E-state index in [-0.39, 0.29) is 27.9 Å². The summed E-state index contributed by atoms with van der Waals surface area (Å²) in [5.74, 6) is -0.796. The molecule has 0 spiro atoms. The van der Waals surface area contributed by atoms with E-state index in [4.69, 9.17) is 9.16 Å². The van der Waals surface area contributed by atoms with Gasteiger partial charge >= 0.3 is 5.97 Å². The Morgan fingerprint density at radius 1 is 1.32 bits per heavy atom. The first kappa shape index (κ1) is 25.5. The van der Waals surface area contributed by atoms with Gasteiger partial charge in [0.2, 0.25) is 11.3 Å². The molecule has 2 heterocycles. The average molecular weight is 514 g/mol. The molecular weight excluding hydrogens is 480 g/mol. The van der Waals surface area contributed by atoms with Crippen molar-refractivity contribution in [3.05, 3.63) is 32.5 Å². The zero-order valence-electron chi connectivity index (χ0n) is 19.6. The van der Waals surface area contributed by atoms with Gasteiger partial charge in [-0.25, -0.2) is 4.79 Å². The number of fused-ring (bicyclic) bond motifs is 1. The third-order valence-electron chi connectivity index (χ3n) is 5.99. The number of nitrogens with zero attached hydrogens (tertiary/aromatic N) is 2. The van der Waals surface area contributed by atoms with E-state index >= 15 is 0 Å². The van der Waals surface area contributed by atoms with Crippen molar-refractivity contribution in [1.82, 2.24) is 9.55 Å². The standard InChI is InChI=1S/C22H33BrN2O5Si/c1-9-29-20-16(23)10-14-18(26)15(21(27)28)11-25(19(14)24-20)17(13(2)3)12-30-31(7,8)22(4,5)6/h10-11,13,17H,9,12H2,1-8H3,(H,27,28). The van der Waals surface area contributed by atoms with Crippen molar-refractivity contribution in [1.29, 1.82) is 0 Å². The molecule has 1 N–H and O–H groups in total. The number of aromatic carboxylic acids is 1. The van der Waals surface area contributed by atoms with Crippen LogP contribution in [0.5, 0.6) is 5.88 Å². The van der Waals surface area contributed by atoms with Crippen molar-refractivity contribution in [3.8, 4) is 5.88 Å². The maximum absolute atomic E-state index is 12.9. The summed E-state index contributed by atoms with van der Waals surface area (Å²) in [5.41, 5.74) is -0.467. The zero-order chi connectivity index (χ0) is 23.7. The lowest BCUT2D eigenvalue weighted by Crippen LogP contribution is -2.42. The molecule has 0 saturated heterocycles. The summed E-state index contributed by atoms with van der Waals surface area (Å²) in [6.07, 6.45) is 1.39. The van der Waals surface area contributed by atoms with E-state index in [1.165, 1.54) is 6.20 Å². The van der Waals surface area contributed by atoms with Gasteiger partial charge in [0.1, 0.15) is 11.2 Å². The summed E-state index contributed by atoms with van der Waals surface area (Å²) in [7, 11) is -2.04. The Kier molecular flexibility index (Phi) is 7.76. The molecule has 9 heteroatoms. The molecule has 0 saturated carbocycles. The van der Waals surface area contributed by atoms with Gasteiger partial charge < -0.3 is 18.8 Å². The van der Waals surface area contributed by atoms with Crippen LogP contribution in [0.1, 0.15) is 57.9 Å². The van der Waals surface area contributed by atoms with E-state index < -0.39 is 19.7 Å². The van der Waals surface area contributed by atoms with Gasteiger partial charge in [-0.05, 0) is 53.0 Å². The van der Waals surface area contributed by atoms with Gasteiger partial charge in [0, 0.05) is 6.20 Å². The molecule has 2 aromatic heterocycles. The Morgan fingerprint density at radius 3 is 2.42 bits per heavy atom. The highest BCUT2D eigenvalue weighted by atomic mass is 79.9. The smallest absolute Gasteiger partial charge is 0.341 e. The van der Waals surface area contributed by atoms with Crippen LogP contribution in [0, 0.1) is 5.92 Å². The summed E-state index contributed by atoms with van der Waals surface area (Å²) >= 11 is 3.38. The van der Waals surface area contributed by atoms with Crippen LogP contribution in [-0.2, 0) is 4.43 Å². The van der Waals surface area contributed by atoms with E-state index in [9.17, 15) is 14.7 Å². The molecule has 0 aliphatic heterocycles. The summed E-state index contributed by atoms with van der Waals surface area (Å²) in [6, 6.07) is 1.38. The second-order valence-corrected chi connectivity index (χ2v) is 15.2. The number of rotatable bonds is 8. The second kappa shape index (κ2) is 9.42. The molecule has 2 aromatic rings. The second-order valence-electron chi connectivity index (χ2n) is 9.55. The van der Waals surface area contributed by atoms with Gasteiger partial charge in [0.15, 0.2) is 8.32 Å². The minimum atomic E-state index is -2.04. The molecule has 0 aliphatic carbocycles. The number of carboxylic acids is 1. The van der Waals surface area contributed by atoms with Gasteiger partial charge in [-0.2, -0.15) is 4.98 Å². The fourth-order valence-electron chi connectivity index (χ4n) is 2.98. The van der Waals surface area contributed by atoms with E-state index in [0.29, 0.717) is 29.2 Å². The van der Waals surface area contributed by atoms with Crippen molar-refractivity contribution in [2.24, 2.45) is 5.92 Å². The van der Waals surface area contributed by atoms with Crippen molar-refractivity contribution in [2.45, 2.75) is 65.7 Å². The fourth-order valence-corrected chi connectivity index (χ4v) is 4.43. The van der Waals surface area contributed by atoms with Crippen molar-refractivity contribution >= 4 is 41.3 Å². The van der Waals surface area contributed by atoms with Crippen molar-refractivity contribution < 1.29 is 19.1 Å². The highest BCUT2D eigenvalue weighted by molar-refractivity contribution is 9.10. The summed E-state index contributed by atoms with van der Waals surface area (Å²) in [4.78, 5) is 29.3. The molecule has 0 radical (unpaired) electrons. The van der Waals surface area contributed by atoms with Crippen molar-refractivity contribution in [2.75, 3.05) is 13.2 Å². The normalized spacial score (nSPS) is 13.6. The summed E-state index contributed by atoms with van der Waals surface area (Å²) in [6.45, 7) is 17.6. The van der Waals surface area contributed by atoms with Crippen LogP contribution in [0.3, 0.4) is 0 Å². The van der Waals surface area contributed by atoms with Gasteiger partial charge in [0.25, 0.3) is 0 Å². The molecule has 31 heavy (non-hydrogen) atoms. The molecule has 0 amide bonds. The van der Waals surface area contributed by atoms with Gasteiger partial charge in [0.05, 0.1) is 29.1 Å². The lowest BCUT2D eigenvalue weighted by atomic mass is 10.0. The maximum Gasteiger partial charge on any atom is 0.341 e. The fraction of sp³-hybridized carbons (Fsp3) is 0.591. The number of pyridine rings is 2. The van der Waals surface area contributed by atoms with Crippen LogP contribution in [0.2, 0.25) is 18.1 Å². The molecule has 0 bridgehead atoms. The van der Waals surface area contributed by atoms with E-state index in [0.717, 1.165) is 0 Å². The number of hydrogen-bond donors (Lipinski definition) is 1. The number of hydrogen-bond acceptors (Lipinski definition) is 5. The highest BCUT2D eigenvalue weighted by Gasteiger charge is 2.38. The third-order valence-corrected chi connectivity index (χ3v) is 11.1. The lowest BCUT2D eigenvalue weighted by Gasteiger charge is -2.38. The SMILES string of the molecule is CCOc1nc2c(cc1Br)c(=O)c(C(=O)O)cn2C(CO[Si](C)(C)C(C)(C)C)C(C)C. The summed E-state index contributed by atoms with van der Waals surface area (Å²) < 4.78 is 14.4. The Labute approximate surface area is 193 Å². The third kappa shape index (κ3) is 5.38. The number of halogens is 1. The van der Waals surface area contributed by atoms with Crippen LogP contribution >= 0.6 is 15.9 Å². The molecule has 1 atom stereocenters. The highest BCUT2D eigenvalue weighted by Crippen LogP contribution is 2.38. The molecule has 0 aromatic carbocycles. The molecule has 0 aliphatic rings. The van der Waals surface area contributed by atoms with Gasteiger partial charge in [-0.3, -0.25) is 4.79 Å². The molecule has 172 valence electrons. The van der Waals surface area contributed by atoms with Crippen LogP contribution < -0.4 is 10.2 Å². The predicted molar refractivity (Wildman–Crippen MR) is 129 cm³/mol. The van der Waals surface area contributed by atoms with Crippen LogP contribution in [0.25, 0.3) is 11.0 Å². The minimum absolute atomic E-state index is 0.0393. The Balaban J connectivity index is 2.73. The van der Waals surface area contributed by atoms with Crippen LogP contribution in [0.15, 0.2) is 21.5 Å². The first-order valence-corrected chi connectivity index (χ1v) is 14.2. The molecule has 7 nitrogen and oxygen atoms in total. The zero-order valence-corrected chi connectivity index (χ0v) is 22.2. The quantitative estimate of drug-likeness (QED) is 0.471. The number of carboxylic acid groups (broad SMARTS) is 1. The van der Waals surface area contributed by atoms with Crippen LogP contribution in [0.4, 0.5) is 0 Å². The largest absolute Gasteiger partial charge is 0.477 e. The Hall–Kier alpha value is -1.71. The number of ether oxygens (including phenoxy) is 1.